The summed E-state index contributed by atoms with van der Waals surface area (Å²) in [4.78, 5) is 21.2. The molecule has 136 valence electrons. The van der Waals surface area contributed by atoms with E-state index in [0.29, 0.717) is 24.0 Å². The molecule has 1 amide bonds. The number of rotatable bonds is 2. The summed E-state index contributed by atoms with van der Waals surface area (Å²) >= 11 is 0. The van der Waals surface area contributed by atoms with Gasteiger partial charge in [0.15, 0.2) is 0 Å². The SMILES string of the molecule is CCN1C[C@H](C(=O)N2C(C)C[C@H]2C)C=C2c3cccc4[nH]cc(c34)C[C@H]21. The summed E-state index contributed by atoms with van der Waals surface area (Å²) in [5.74, 6) is 0.287. The lowest BCUT2D eigenvalue weighted by molar-refractivity contribution is -0.146. The second-order valence-corrected chi connectivity index (χ2v) is 8.26. The highest BCUT2D eigenvalue weighted by molar-refractivity contribution is 5.99. The summed E-state index contributed by atoms with van der Waals surface area (Å²) < 4.78 is 0. The van der Waals surface area contributed by atoms with Crippen LogP contribution in [-0.4, -0.2) is 51.9 Å². The molecule has 1 N–H and O–H groups in total. The highest BCUT2D eigenvalue weighted by Gasteiger charge is 2.42. The van der Waals surface area contributed by atoms with E-state index < -0.39 is 0 Å². The lowest BCUT2D eigenvalue weighted by Crippen LogP contribution is -2.59. The van der Waals surface area contributed by atoms with E-state index in [0.717, 1.165) is 25.9 Å². The molecule has 3 aliphatic rings. The molecule has 3 heterocycles. The maximum Gasteiger partial charge on any atom is 0.231 e. The molecule has 4 heteroatoms. The Hall–Kier alpha value is -2.07. The fourth-order valence-electron chi connectivity index (χ4n) is 5.47. The second-order valence-electron chi connectivity index (χ2n) is 8.26. The minimum atomic E-state index is -0.0258. The largest absolute Gasteiger partial charge is 0.361 e. The molecule has 1 unspecified atom stereocenters. The Kier molecular flexibility index (Phi) is 3.54. The van der Waals surface area contributed by atoms with Crippen molar-refractivity contribution in [2.24, 2.45) is 5.92 Å². The molecule has 1 fully saturated rings. The van der Waals surface area contributed by atoms with Gasteiger partial charge in [-0.15, -0.1) is 0 Å². The number of carbonyl (C=O) groups excluding carboxylic acids is 1. The standard InChI is InChI=1S/C22H27N3O/c1-4-24-12-16(22(26)25-13(2)8-14(25)3)9-18-17-6-5-7-19-21(17)15(11-23-19)10-20(18)24/h5-7,9,11,13-14,16,20,23H,4,8,10,12H2,1-3H3/t13-,14?,16-,20-/m1/s1. The fourth-order valence-corrected chi connectivity index (χ4v) is 5.47. The van der Waals surface area contributed by atoms with Gasteiger partial charge in [0.1, 0.15) is 0 Å². The zero-order valence-corrected chi connectivity index (χ0v) is 15.8. The smallest absolute Gasteiger partial charge is 0.231 e. The predicted octanol–water partition coefficient (Wildman–Crippen LogP) is 3.44. The lowest BCUT2D eigenvalue weighted by Gasteiger charge is -2.48. The van der Waals surface area contributed by atoms with Crippen LogP contribution in [0.4, 0.5) is 0 Å². The normalized spacial score (nSPS) is 30.7. The van der Waals surface area contributed by atoms with Crippen LogP contribution in [0, 0.1) is 5.92 Å². The predicted molar refractivity (Wildman–Crippen MR) is 105 cm³/mol. The number of carbonyl (C=O) groups is 1. The number of likely N-dealkylation sites (tertiary alicyclic amines) is 1. The Morgan fingerprint density at radius 3 is 2.81 bits per heavy atom. The van der Waals surface area contributed by atoms with Gasteiger partial charge in [0.25, 0.3) is 0 Å². The van der Waals surface area contributed by atoms with Gasteiger partial charge in [-0.25, -0.2) is 0 Å². The van der Waals surface area contributed by atoms with E-state index in [9.17, 15) is 4.79 Å². The van der Waals surface area contributed by atoms with E-state index in [1.165, 1.54) is 27.6 Å². The molecule has 0 bridgehead atoms. The van der Waals surface area contributed by atoms with E-state index >= 15 is 0 Å². The molecule has 0 radical (unpaired) electrons. The molecule has 5 rings (SSSR count). The van der Waals surface area contributed by atoms with Crippen molar-refractivity contribution in [3.8, 4) is 0 Å². The van der Waals surface area contributed by atoms with Gasteiger partial charge >= 0.3 is 0 Å². The van der Waals surface area contributed by atoms with Crippen LogP contribution in [0.5, 0.6) is 0 Å². The topological polar surface area (TPSA) is 39.3 Å². The van der Waals surface area contributed by atoms with E-state index in [4.69, 9.17) is 0 Å². The summed E-state index contributed by atoms with van der Waals surface area (Å²) in [5.41, 5.74) is 5.29. The van der Waals surface area contributed by atoms with Crippen LogP contribution in [0.25, 0.3) is 16.5 Å². The van der Waals surface area contributed by atoms with Crippen molar-refractivity contribution in [2.45, 2.75) is 51.7 Å². The van der Waals surface area contributed by atoms with Crippen molar-refractivity contribution < 1.29 is 4.79 Å². The highest BCUT2D eigenvalue weighted by atomic mass is 16.2. The number of H-pyrrole nitrogens is 1. The van der Waals surface area contributed by atoms with Crippen LogP contribution in [0.3, 0.4) is 0 Å². The van der Waals surface area contributed by atoms with E-state index in [1.54, 1.807) is 0 Å². The van der Waals surface area contributed by atoms with Gasteiger partial charge in [-0.2, -0.15) is 0 Å². The summed E-state index contributed by atoms with van der Waals surface area (Å²) in [7, 11) is 0. The molecular formula is C22H27N3O. The first-order chi connectivity index (χ1) is 12.6. The Balaban J connectivity index is 1.59. The van der Waals surface area contributed by atoms with Crippen LogP contribution in [0.15, 0.2) is 30.5 Å². The monoisotopic (exact) mass is 349 g/mol. The summed E-state index contributed by atoms with van der Waals surface area (Å²) in [6, 6.07) is 7.67. The first kappa shape index (κ1) is 16.1. The number of hydrogen-bond acceptors (Lipinski definition) is 2. The van der Waals surface area contributed by atoms with Crippen molar-refractivity contribution in [3.05, 3.63) is 41.6 Å². The van der Waals surface area contributed by atoms with Gasteiger partial charge < -0.3 is 9.88 Å². The number of hydrogen-bond donors (Lipinski definition) is 1. The molecule has 1 aromatic heterocycles. The van der Waals surface area contributed by atoms with Gasteiger partial charge in [0.2, 0.25) is 5.91 Å². The molecule has 2 aliphatic heterocycles. The van der Waals surface area contributed by atoms with Gasteiger partial charge in [0, 0.05) is 41.8 Å². The van der Waals surface area contributed by atoms with E-state index in [2.05, 4.69) is 66.0 Å². The lowest BCUT2D eigenvalue weighted by atomic mass is 9.79. The molecule has 4 nitrogen and oxygen atoms in total. The molecular weight excluding hydrogens is 322 g/mol. The van der Waals surface area contributed by atoms with E-state index in [1.807, 2.05) is 0 Å². The number of amides is 1. The van der Waals surface area contributed by atoms with Gasteiger partial charge in [-0.3, -0.25) is 9.69 Å². The van der Waals surface area contributed by atoms with Crippen molar-refractivity contribution >= 4 is 22.4 Å². The van der Waals surface area contributed by atoms with Crippen LogP contribution >= 0.6 is 0 Å². The Bertz CT molecular complexity index is 903. The zero-order chi connectivity index (χ0) is 18.0. The number of nitrogens with zero attached hydrogens (tertiary/aromatic N) is 2. The van der Waals surface area contributed by atoms with Gasteiger partial charge in [0.05, 0.1) is 5.92 Å². The van der Waals surface area contributed by atoms with Crippen molar-refractivity contribution in [3.63, 3.8) is 0 Å². The molecule has 0 saturated carbocycles. The van der Waals surface area contributed by atoms with Crippen LogP contribution in [-0.2, 0) is 11.2 Å². The number of likely N-dealkylation sites (N-methyl/N-ethyl adjacent to an activating group) is 1. The molecule has 0 spiro atoms. The summed E-state index contributed by atoms with van der Waals surface area (Å²) in [6.07, 6.45) is 6.62. The molecule has 1 aliphatic carbocycles. The van der Waals surface area contributed by atoms with Gasteiger partial charge in [-0.1, -0.05) is 25.1 Å². The molecule has 2 aromatic rings. The van der Waals surface area contributed by atoms with Crippen molar-refractivity contribution in [2.75, 3.05) is 13.1 Å². The number of benzene rings is 1. The third kappa shape index (κ3) is 2.14. The Morgan fingerprint density at radius 1 is 1.27 bits per heavy atom. The molecule has 4 atom stereocenters. The minimum absolute atomic E-state index is 0.0258. The number of nitrogens with one attached hydrogen (secondary N) is 1. The van der Waals surface area contributed by atoms with E-state index in [-0.39, 0.29) is 5.92 Å². The number of aromatic amines is 1. The average Bonchev–Trinajstić information content (AvgIpc) is 3.05. The minimum Gasteiger partial charge on any atom is -0.361 e. The first-order valence-corrected chi connectivity index (χ1v) is 9.95. The summed E-state index contributed by atoms with van der Waals surface area (Å²) in [5, 5.41) is 1.35. The first-order valence-electron chi connectivity index (χ1n) is 9.95. The quantitative estimate of drug-likeness (QED) is 0.902. The number of aromatic nitrogens is 1. The number of fused-ring (bicyclic) bond motifs is 2. The second kappa shape index (κ2) is 5.71. The highest BCUT2D eigenvalue weighted by Crippen LogP contribution is 2.42. The maximum atomic E-state index is 13.2. The third-order valence-corrected chi connectivity index (χ3v) is 6.73. The van der Waals surface area contributed by atoms with Gasteiger partial charge in [-0.05, 0) is 56.0 Å². The van der Waals surface area contributed by atoms with Crippen molar-refractivity contribution in [1.82, 2.24) is 14.8 Å². The summed E-state index contributed by atoms with van der Waals surface area (Å²) in [6.45, 7) is 8.37. The molecule has 1 saturated heterocycles. The fraction of sp³-hybridized carbons (Fsp3) is 0.500. The van der Waals surface area contributed by atoms with Crippen molar-refractivity contribution in [1.29, 1.82) is 0 Å². The maximum absolute atomic E-state index is 13.2. The Morgan fingerprint density at radius 2 is 2.08 bits per heavy atom. The third-order valence-electron chi connectivity index (χ3n) is 6.73. The Labute approximate surface area is 154 Å². The molecule has 1 aromatic carbocycles. The van der Waals surface area contributed by atoms with Crippen LogP contribution < -0.4 is 0 Å². The van der Waals surface area contributed by atoms with Crippen LogP contribution in [0.2, 0.25) is 0 Å². The average molecular weight is 349 g/mol. The molecule has 26 heavy (non-hydrogen) atoms. The van der Waals surface area contributed by atoms with Crippen LogP contribution in [0.1, 0.15) is 38.3 Å². The zero-order valence-electron chi connectivity index (χ0n) is 15.8.